The third-order valence-electron chi connectivity index (χ3n) is 2.41. The molecule has 2 atom stereocenters. The second-order valence-corrected chi connectivity index (χ2v) is 4.05. The Hall–Kier alpha value is 0.180. The van der Waals surface area contributed by atoms with Crippen molar-refractivity contribution >= 4 is 15.9 Å². The van der Waals surface area contributed by atoms with Crippen molar-refractivity contribution in [3.63, 3.8) is 0 Å². The van der Waals surface area contributed by atoms with Gasteiger partial charge in [0.25, 0.3) is 0 Å². The zero-order valence-corrected chi connectivity index (χ0v) is 8.89. The molecule has 0 bridgehead atoms. The molecule has 0 amide bonds. The molecule has 0 aromatic heterocycles. The third-order valence-corrected chi connectivity index (χ3v) is 3.20. The Morgan fingerprint density at radius 2 is 2.09 bits per heavy atom. The van der Waals surface area contributed by atoms with E-state index in [1.54, 1.807) is 0 Å². The molecule has 1 rings (SSSR count). The normalized spacial score (nSPS) is 31.5. The van der Waals surface area contributed by atoms with Crippen molar-refractivity contribution in [1.29, 1.82) is 0 Å². The maximum atomic E-state index is 3.98. The fourth-order valence-corrected chi connectivity index (χ4v) is 1.85. The maximum absolute atomic E-state index is 3.98. The molecule has 0 aromatic carbocycles. The minimum atomic E-state index is 0.765. The lowest BCUT2D eigenvalue weighted by molar-refractivity contribution is 0.0490. The number of hydrogen-bond acceptors (Lipinski definition) is 1. The summed E-state index contributed by atoms with van der Waals surface area (Å²) in [5.74, 6) is 0. The first kappa shape index (κ1) is 9.27. The Kier molecular flexibility index (Phi) is 3.14. The van der Waals surface area contributed by atoms with Gasteiger partial charge in [0.2, 0.25) is 0 Å². The molecule has 0 N–H and O–H groups in total. The van der Waals surface area contributed by atoms with Crippen molar-refractivity contribution < 1.29 is 0 Å². The van der Waals surface area contributed by atoms with Gasteiger partial charge >= 0.3 is 0 Å². The van der Waals surface area contributed by atoms with Crippen molar-refractivity contribution in [3.05, 3.63) is 12.2 Å². The van der Waals surface area contributed by atoms with E-state index in [-0.39, 0.29) is 0 Å². The maximum Gasteiger partial charge on any atom is 0.0251 e. The lowest BCUT2D eigenvalue weighted by Gasteiger charge is -2.45. The van der Waals surface area contributed by atoms with Crippen LogP contribution in [0.3, 0.4) is 0 Å². The standard InChI is InChI=1S/C9H16BrN/c1-7(5-10)6-11-8(2)4-9(11)3/h8-9H,1,4-6H2,2-3H3. The molecule has 2 unspecified atom stereocenters. The van der Waals surface area contributed by atoms with Crippen LogP contribution in [0.5, 0.6) is 0 Å². The molecule has 1 aliphatic rings. The summed E-state index contributed by atoms with van der Waals surface area (Å²) >= 11 is 3.41. The zero-order valence-electron chi connectivity index (χ0n) is 7.31. The smallest absolute Gasteiger partial charge is 0.0251 e. The average molecular weight is 218 g/mol. The molecule has 0 spiro atoms. The van der Waals surface area contributed by atoms with Crippen LogP contribution in [-0.4, -0.2) is 28.9 Å². The number of alkyl halides is 1. The number of halogens is 1. The quantitative estimate of drug-likeness (QED) is 0.519. The van der Waals surface area contributed by atoms with Crippen molar-refractivity contribution in [3.8, 4) is 0 Å². The van der Waals surface area contributed by atoms with Crippen LogP contribution >= 0.6 is 15.9 Å². The van der Waals surface area contributed by atoms with Gasteiger partial charge in [-0.15, -0.1) is 0 Å². The van der Waals surface area contributed by atoms with Crippen LogP contribution in [0.15, 0.2) is 12.2 Å². The Morgan fingerprint density at radius 1 is 1.55 bits per heavy atom. The number of rotatable bonds is 3. The van der Waals surface area contributed by atoms with Gasteiger partial charge in [-0.25, -0.2) is 0 Å². The fraction of sp³-hybridized carbons (Fsp3) is 0.778. The van der Waals surface area contributed by atoms with E-state index in [9.17, 15) is 0 Å². The fourth-order valence-electron chi connectivity index (χ4n) is 1.67. The van der Waals surface area contributed by atoms with Crippen LogP contribution < -0.4 is 0 Å². The summed E-state index contributed by atoms with van der Waals surface area (Å²) in [6, 6.07) is 1.53. The summed E-state index contributed by atoms with van der Waals surface area (Å²) < 4.78 is 0. The van der Waals surface area contributed by atoms with Crippen molar-refractivity contribution in [1.82, 2.24) is 4.90 Å². The van der Waals surface area contributed by atoms with E-state index < -0.39 is 0 Å². The molecule has 1 aliphatic heterocycles. The first-order valence-corrected chi connectivity index (χ1v) is 5.25. The Bertz CT molecular complexity index is 148. The molecule has 0 saturated carbocycles. The molecule has 0 aromatic rings. The summed E-state index contributed by atoms with van der Waals surface area (Å²) in [5, 5.41) is 0.933. The first-order chi connectivity index (χ1) is 5.15. The lowest BCUT2D eigenvalue weighted by Crippen LogP contribution is -2.53. The minimum Gasteiger partial charge on any atom is -0.294 e. The van der Waals surface area contributed by atoms with E-state index in [2.05, 4.69) is 41.3 Å². The topological polar surface area (TPSA) is 3.24 Å². The van der Waals surface area contributed by atoms with Crippen LogP contribution in [0.25, 0.3) is 0 Å². The number of nitrogens with zero attached hydrogens (tertiary/aromatic N) is 1. The van der Waals surface area contributed by atoms with Crippen LogP contribution in [0.4, 0.5) is 0 Å². The predicted molar refractivity (Wildman–Crippen MR) is 53.2 cm³/mol. The van der Waals surface area contributed by atoms with Gasteiger partial charge in [0.1, 0.15) is 0 Å². The van der Waals surface area contributed by atoms with E-state index in [0.717, 1.165) is 24.0 Å². The van der Waals surface area contributed by atoms with Crippen molar-refractivity contribution in [2.45, 2.75) is 32.4 Å². The highest BCUT2D eigenvalue weighted by Crippen LogP contribution is 2.25. The van der Waals surface area contributed by atoms with E-state index in [4.69, 9.17) is 0 Å². The number of likely N-dealkylation sites (tertiary alicyclic amines) is 1. The molecule has 1 nitrogen and oxygen atoms in total. The molecule has 1 saturated heterocycles. The monoisotopic (exact) mass is 217 g/mol. The van der Waals surface area contributed by atoms with Crippen molar-refractivity contribution in [2.24, 2.45) is 0 Å². The van der Waals surface area contributed by atoms with E-state index in [1.807, 2.05) is 0 Å². The SMILES string of the molecule is C=C(CBr)CN1C(C)CC1C. The molecule has 1 fully saturated rings. The van der Waals surface area contributed by atoms with Crippen LogP contribution in [0.2, 0.25) is 0 Å². The van der Waals surface area contributed by atoms with Gasteiger partial charge in [0.15, 0.2) is 0 Å². The van der Waals surface area contributed by atoms with Gasteiger partial charge in [-0.2, -0.15) is 0 Å². The second-order valence-electron chi connectivity index (χ2n) is 3.49. The van der Waals surface area contributed by atoms with Crippen LogP contribution in [0.1, 0.15) is 20.3 Å². The van der Waals surface area contributed by atoms with E-state index >= 15 is 0 Å². The summed E-state index contributed by atoms with van der Waals surface area (Å²) in [6.45, 7) is 9.60. The number of hydrogen-bond donors (Lipinski definition) is 0. The van der Waals surface area contributed by atoms with E-state index in [1.165, 1.54) is 12.0 Å². The first-order valence-electron chi connectivity index (χ1n) is 4.13. The Morgan fingerprint density at radius 3 is 2.45 bits per heavy atom. The van der Waals surface area contributed by atoms with Crippen LogP contribution in [-0.2, 0) is 0 Å². The molecule has 11 heavy (non-hydrogen) atoms. The van der Waals surface area contributed by atoms with Crippen LogP contribution in [0, 0.1) is 0 Å². The highest BCUT2D eigenvalue weighted by atomic mass is 79.9. The zero-order chi connectivity index (χ0) is 8.43. The molecule has 1 heterocycles. The molecule has 0 radical (unpaired) electrons. The predicted octanol–water partition coefficient (Wildman–Crippen LogP) is 2.42. The van der Waals surface area contributed by atoms with Gasteiger partial charge in [-0.1, -0.05) is 28.1 Å². The second kappa shape index (κ2) is 3.72. The Balaban J connectivity index is 2.31. The van der Waals surface area contributed by atoms with Gasteiger partial charge < -0.3 is 0 Å². The Labute approximate surface area is 77.6 Å². The van der Waals surface area contributed by atoms with Gasteiger partial charge in [0, 0.05) is 24.0 Å². The van der Waals surface area contributed by atoms with Gasteiger partial charge in [-0.05, 0) is 20.3 Å². The van der Waals surface area contributed by atoms with Gasteiger partial charge in [-0.3, -0.25) is 4.90 Å². The average Bonchev–Trinajstić information content (AvgIpc) is 2.00. The molecular formula is C9H16BrN. The lowest BCUT2D eigenvalue weighted by atomic mass is 9.95. The third kappa shape index (κ3) is 2.06. The largest absolute Gasteiger partial charge is 0.294 e. The highest BCUT2D eigenvalue weighted by Gasteiger charge is 2.30. The molecular weight excluding hydrogens is 202 g/mol. The minimum absolute atomic E-state index is 0.765. The summed E-state index contributed by atoms with van der Waals surface area (Å²) in [6.07, 6.45) is 1.34. The molecule has 2 heteroatoms. The van der Waals surface area contributed by atoms with Crippen molar-refractivity contribution in [2.75, 3.05) is 11.9 Å². The molecule has 0 aliphatic carbocycles. The highest BCUT2D eigenvalue weighted by molar-refractivity contribution is 9.09. The van der Waals surface area contributed by atoms with E-state index in [0.29, 0.717) is 0 Å². The summed E-state index contributed by atoms with van der Waals surface area (Å²) in [4.78, 5) is 2.49. The van der Waals surface area contributed by atoms with Gasteiger partial charge in [0.05, 0.1) is 0 Å². The molecule has 64 valence electrons. The summed E-state index contributed by atoms with van der Waals surface area (Å²) in [7, 11) is 0. The summed E-state index contributed by atoms with van der Waals surface area (Å²) in [5.41, 5.74) is 1.28.